The number of benzene rings is 1. The summed E-state index contributed by atoms with van der Waals surface area (Å²) in [6.07, 6.45) is 5.10. The Labute approximate surface area is 198 Å². The summed E-state index contributed by atoms with van der Waals surface area (Å²) in [6, 6.07) is 4.75. The molecule has 1 atom stereocenters. The predicted octanol–water partition coefficient (Wildman–Crippen LogP) is 4.25. The second-order valence-electron chi connectivity index (χ2n) is 8.82. The minimum Gasteiger partial charge on any atom is -0.368 e. The van der Waals surface area contributed by atoms with Crippen molar-refractivity contribution in [2.24, 2.45) is 0 Å². The molecule has 184 valence electrons. The minimum absolute atomic E-state index is 0.0191. The van der Waals surface area contributed by atoms with Crippen LogP contribution < -0.4 is 11.1 Å². The molecule has 0 radical (unpaired) electrons. The van der Waals surface area contributed by atoms with Crippen molar-refractivity contribution in [2.75, 3.05) is 17.7 Å². The number of halogens is 3. The molecule has 1 aliphatic rings. The third-order valence-electron chi connectivity index (χ3n) is 5.89. The number of nitrogens with two attached hydrogens (primary N) is 1. The summed E-state index contributed by atoms with van der Waals surface area (Å²) in [5, 5.41) is 11.9. The van der Waals surface area contributed by atoms with E-state index < -0.39 is 17.9 Å². The van der Waals surface area contributed by atoms with Crippen molar-refractivity contribution < 1.29 is 17.9 Å². The van der Waals surface area contributed by atoms with Crippen molar-refractivity contribution in [1.29, 1.82) is 0 Å². The molecule has 4 aromatic rings. The lowest BCUT2D eigenvalue weighted by atomic mass is 10.0. The Balaban J connectivity index is 1.50. The van der Waals surface area contributed by atoms with Crippen LogP contribution in [0.5, 0.6) is 0 Å². The molecule has 3 aromatic heterocycles. The van der Waals surface area contributed by atoms with Gasteiger partial charge in [0, 0.05) is 18.2 Å². The molecule has 13 heteroatoms. The van der Waals surface area contributed by atoms with Crippen LogP contribution in [-0.2, 0) is 10.3 Å². The maximum Gasteiger partial charge on any atom is 0.333 e. The molecule has 0 saturated carbocycles. The second-order valence-corrected chi connectivity index (χ2v) is 8.82. The number of nitrogens with zero attached hydrogens (tertiary/aromatic N) is 7. The Bertz CT molecular complexity index is 1360. The number of anilines is 2. The summed E-state index contributed by atoms with van der Waals surface area (Å²) in [4.78, 5) is 12.6. The van der Waals surface area contributed by atoms with Gasteiger partial charge in [-0.2, -0.15) is 33.9 Å². The topological polar surface area (TPSA) is 122 Å². The van der Waals surface area contributed by atoms with E-state index in [1.807, 2.05) is 0 Å². The van der Waals surface area contributed by atoms with Crippen LogP contribution in [-0.4, -0.2) is 41.1 Å². The fourth-order valence-corrected chi connectivity index (χ4v) is 4.10. The molecule has 1 unspecified atom stereocenters. The average molecular weight is 487 g/mol. The van der Waals surface area contributed by atoms with E-state index in [0.717, 1.165) is 19.3 Å². The van der Waals surface area contributed by atoms with Crippen molar-refractivity contribution in [1.82, 2.24) is 34.5 Å². The molecule has 1 aliphatic heterocycles. The van der Waals surface area contributed by atoms with E-state index in [9.17, 15) is 8.78 Å². The molecule has 0 spiro atoms. The maximum absolute atomic E-state index is 15.8. The molecule has 5 rings (SSSR count). The summed E-state index contributed by atoms with van der Waals surface area (Å²) in [6.45, 7) is 1.28. The fourth-order valence-electron chi connectivity index (χ4n) is 4.10. The number of alkyl halides is 2. The van der Waals surface area contributed by atoms with Gasteiger partial charge in [0.1, 0.15) is 5.52 Å². The van der Waals surface area contributed by atoms with Gasteiger partial charge in [-0.15, -0.1) is 0 Å². The van der Waals surface area contributed by atoms with Crippen molar-refractivity contribution in [3.8, 4) is 11.4 Å². The van der Waals surface area contributed by atoms with E-state index in [-0.39, 0.29) is 29.5 Å². The Hall–Kier alpha value is -3.74. The van der Waals surface area contributed by atoms with Gasteiger partial charge in [-0.3, -0.25) is 0 Å². The summed E-state index contributed by atoms with van der Waals surface area (Å²) < 4.78 is 49.6. The molecule has 10 nitrogen and oxygen atoms in total. The van der Waals surface area contributed by atoms with Crippen LogP contribution in [0.4, 0.5) is 25.1 Å². The van der Waals surface area contributed by atoms with Crippen molar-refractivity contribution in [2.45, 2.75) is 51.4 Å². The predicted molar refractivity (Wildman–Crippen MR) is 122 cm³/mol. The zero-order valence-electron chi connectivity index (χ0n) is 19.1. The molecule has 0 amide bonds. The molecule has 0 aliphatic carbocycles. The number of hydrogen-bond acceptors (Lipinski definition) is 8. The van der Waals surface area contributed by atoms with E-state index >= 15 is 4.39 Å². The first kappa shape index (κ1) is 23.0. The van der Waals surface area contributed by atoms with Gasteiger partial charge in [0.15, 0.2) is 17.9 Å². The first-order valence-corrected chi connectivity index (χ1v) is 11.1. The Morgan fingerprint density at radius 2 is 2.00 bits per heavy atom. The fraction of sp³-hybridized carbons (Fsp3) is 0.409. The Morgan fingerprint density at radius 1 is 1.17 bits per heavy atom. The van der Waals surface area contributed by atoms with E-state index in [2.05, 4.69) is 30.5 Å². The quantitative estimate of drug-likeness (QED) is 0.414. The smallest absolute Gasteiger partial charge is 0.333 e. The highest BCUT2D eigenvalue weighted by molar-refractivity contribution is 5.84. The lowest BCUT2D eigenvalue weighted by molar-refractivity contribution is -0.0369. The summed E-state index contributed by atoms with van der Waals surface area (Å²) in [5.74, 6) is -0.617. The van der Waals surface area contributed by atoms with Gasteiger partial charge in [-0.25, -0.2) is 13.8 Å². The lowest BCUT2D eigenvalue weighted by Crippen LogP contribution is -2.30. The average Bonchev–Trinajstić information content (AvgIpc) is 3.48. The highest BCUT2D eigenvalue weighted by atomic mass is 19.3. The third kappa shape index (κ3) is 4.38. The molecule has 1 fully saturated rings. The minimum atomic E-state index is -2.76. The third-order valence-corrected chi connectivity index (χ3v) is 5.89. The van der Waals surface area contributed by atoms with Gasteiger partial charge in [0.2, 0.25) is 11.9 Å². The van der Waals surface area contributed by atoms with Gasteiger partial charge in [-0.05, 0) is 45.2 Å². The molecule has 35 heavy (non-hydrogen) atoms. The van der Waals surface area contributed by atoms with Crippen molar-refractivity contribution >= 4 is 22.8 Å². The van der Waals surface area contributed by atoms with Crippen molar-refractivity contribution in [3.63, 3.8) is 0 Å². The summed E-state index contributed by atoms with van der Waals surface area (Å²) in [5.41, 5.74) is 5.71. The normalized spacial score (nSPS) is 16.8. The SMILES string of the molecule is CC(C)(Nc1nc(N)nc(-c2ccc3cnn(C4CCCCO4)c3c2F)n1)c1ccn(C(F)F)n1. The van der Waals surface area contributed by atoms with Crippen LogP contribution in [0.15, 0.2) is 30.6 Å². The molecule has 0 bridgehead atoms. The van der Waals surface area contributed by atoms with Crippen LogP contribution >= 0.6 is 0 Å². The zero-order chi connectivity index (χ0) is 24.7. The molecule has 4 heterocycles. The number of nitrogen functional groups attached to an aromatic ring is 1. The number of fused-ring (bicyclic) bond motifs is 1. The van der Waals surface area contributed by atoms with Crippen LogP contribution in [0.1, 0.15) is 51.6 Å². The van der Waals surface area contributed by atoms with Crippen LogP contribution in [0.3, 0.4) is 0 Å². The number of ether oxygens (including phenoxy) is 1. The molecule has 1 aromatic carbocycles. The van der Waals surface area contributed by atoms with E-state index in [0.29, 0.717) is 27.9 Å². The monoisotopic (exact) mass is 487 g/mol. The van der Waals surface area contributed by atoms with Crippen molar-refractivity contribution in [3.05, 3.63) is 42.1 Å². The molecular weight excluding hydrogens is 463 g/mol. The van der Waals surface area contributed by atoms with Gasteiger partial charge in [0.25, 0.3) is 0 Å². The highest BCUT2D eigenvalue weighted by Crippen LogP contribution is 2.32. The largest absolute Gasteiger partial charge is 0.368 e. The standard InChI is InChI=1S/C22H24F3N9O/c1-22(2,14-8-9-33(32-14)19(24)25)31-21-29-18(28-20(26)30-21)13-7-6-12-11-27-34(17(12)16(13)23)15-5-3-4-10-35-15/h6-9,11,15,19H,3-5,10H2,1-2H3,(H3,26,28,29,30,31). The van der Waals surface area contributed by atoms with Gasteiger partial charge < -0.3 is 15.8 Å². The second kappa shape index (κ2) is 8.80. The highest BCUT2D eigenvalue weighted by Gasteiger charge is 2.27. The van der Waals surface area contributed by atoms with Gasteiger partial charge >= 0.3 is 6.55 Å². The Morgan fingerprint density at radius 3 is 2.71 bits per heavy atom. The Kier molecular flexibility index (Phi) is 5.79. The lowest BCUT2D eigenvalue weighted by Gasteiger charge is -2.24. The maximum atomic E-state index is 15.8. The van der Waals surface area contributed by atoms with E-state index in [4.69, 9.17) is 10.5 Å². The van der Waals surface area contributed by atoms with Crippen LogP contribution in [0.2, 0.25) is 0 Å². The first-order chi connectivity index (χ1) is 16.7. The van der Waals surface area contributed by atoms with Gasteiger partial charge in [0.05, 0.1) is 23.0 Å². The zero-order valence-corrected chi connectivity index (χ0v) is 19.1. The first-order valence-electron chi connectivity index (χ1n) is 11.1. The number of hydrogen-bond donors (Lipinski definition) is 2. The molecule has 3 N–H and O–H groups in total. The number of rotatable bonds is 6. The summed E-state index contributed by atoms with van der Waals surface area (Å²) in [7, 11) is 0. The van der Waals surface area contributed by atoms with Crippen LogP contribution in [0.25, 0.3) is 22.3 Å². The summed E-state index contributed by atoms with van der Waals surface area (Å²) >= 11 is 0. The van der Waals surface area contributed by atoms with E-state index in [1.54, 1.807) is 36.9 Å². The molecular formula is C22H24F3N9O. The van der Waals surface area contributed by atoms with E-state index in [1.165, 1.54) is 12.3 Å². The number of nitrogens with one attached hydrogen (secondary N) is 1. The van der Waals surface area contributed by atoms with Gasteiger partial charge in [-0.1, -0.05) is 6.07 Å². The molecule has 1 saturated heterocycles. The van der Waals surface area contributed by atoms with Crippen LogP contribution in [0, 0.1) is 5.82 Å². The number of aromatic nitrogens is 7.